The van der Waals surface area contributed by atoms with Crippen LogP contribution >= 0.6 is 0 Å². The van der Waals surface area contributed by atoms with Crippen molar-refractivity contribution in [1.29, 1.82) is 0 Å². The van der Waals surface area contributed by atoms with E-state index in [0.29, 0.717) is 32.5 Å². The Balaban J connectivity index is 1.27. The number of piperidine rings is 1. The van der Waals surface area contributed by atoms with Crippen molar-refractivity contribution < 1.29 is 14.3 Å². The zero-order valence-electron chi connectivity index (χ0n) is 20.8. The largest absolute Gasteiger partial charge is 0.383 e. The zero-order valence-corrected chi connectivity index (χ0v) is 20.8. The maximum Gasteiger partial charge on any atom is 0.327 e. The Labute approximate surface area is 211 Å². The topological polar surface area (TPSA) is 78.9 Å². The number of benzene rings is 1. The van der Waals surface area contributed by atoms with Crippen LogP contribution in [-0.4, -0.2) is 82.0 Å². The minimum Gasteiger partial charge on any atom is -0.383 e. The first-order valence-electron chi connectivity index (χ1n) is 12.7. The monoisotopic (exact) mass is 487 g/mol. The molecule has 2 fully saturated rings. The van der Waals surface area contributed by atoms with Crippen LogP contribution in [0.15, 0.2) is 61.1 Å². The number of imide groups is 1. The van der Waals surface area contributed by atoms with E-state index >= 15 is 0 Å². The number of pyridine rings is 2. The fraction of sp³-hybridized carbons (Fsp3) is 0.429. The fourth-order valence-corrected chi connectivity index (χ4v) is 5.56. The zero-order chi connectivity index (χ0) is 25.0. The summed E-state index contributed by atoms with van der Waals surface area (Å²) in [6.45, 7) is 3.57. The molecule has 1 aromatic carbocycles. The third kappa shape index (κ3) is 4.70. The van der Waals surface area contributed by atoms with Crippen molar-refractivity contribution in [1.82, 2.24) is 24.7 Å². The summed E-state index contributed by atoms with van der Waals surface area (Å²) >= 11 is 0. The Kier molecular flexibility index (Phi) is 7.25. The van der Waals surface area contributed by atoms with Gasteiger partial charge in [0.15, 0.2) is 0 Å². The molecule has 2 aliphatic heterocycles. The van der Waals surface area contributed by atoms with Crippen molar-refractivity contribution in [2.45, 2.75) is 37.8 Å². The Morgan fingerprint density at radius 2 is 1.83 bits per heavy atom. The average Bonchev–Trinajstić information content (AvgIpc) is 3.10. The van der Waals surface area contributed by atoms with Crippen LogP contribution in [0.5, 0.6) is 0 Å². The molecule has 2 aliphatic rings. The number of para-hydroxylation sites is 1. The number of carbonyl (C=O) groups is 2. The molecule has 0 radical (unpaired) electrons. The van der Waals surface area contributed by atoms with Crippen LogP contribution in [0.4, 0.5) is 4.79 Å². The Morgan fingerprint density at radius 1 is 1.00 bits per heavy atom. The Bertz CT molecular complexity index is 1200. The van der Waals surface area contributed by atoms with E-state index in [-0.39, 0.29) is 11.9 Å². The molecule has 0 N–H and O–H groups in total. The second-order valence-electron chi connectivity index (χ2n) is 9.64. The van der Waals surface area contributed by atoms with Crippen LogP contribution in [-0.2, 0) is 22.5 Å². The number of carbonyl (C=O) groups excluding carboxylic acids is 2. The smallest absolute Gasteiger partial charge is 0.327 e. The van der Waals surface area contributed by atoms with Crippen LogP contribution < -0.4 is 0 Å². The quantitative estimate of drug-likeness (QED) is 0.430. The molecule has 3 aromatic rings. The molecule has 0 aliphatic carbocycles. The van der Waals surface area contributed by atoms with Gasteiger partial charge in [0, 0.05) is 63.8 Å². The number of likely N-dealkylation sites (tertiary alicyclic amines) is 1. The number of fused-ring (bicyclic) bond motifs is 1. The summed E-state index contributed by atoms with van der Waals surface area (Å²) in [7, 11) is 1.63. The van der Waals surface area contributed by atoms with E-state index < -0.39 is 5.54 Å². The predicted octanol–water partition coefficient (Wildman–Crippen LogP) is 3.51. The normalized spacial score (nSPS) is 18.0. The minimum atomic E-state index is -0.777. The first kappa shape index (κ1) is 24.3. The van der Waals surface area contributed by atoms with E-state index in [1.54, 1.807) is 18.2 Å². The van der Waals surface area contributed by atoms with Crippen molar-refractivity contribution in [3.05, 3.63) is 72.2 Å². The van der Waals surface area contributed by atoms with Gasteiger partial charge in [0.05, 0.1) is 12.1 Å². The number of ether oxygens (including phenoxy) is 1. The summed E-state index contributed by atoms with van der Waals surface area (Å²) in [5.74, 6) is -0.0520. The standard InChI is InChI=1S/C28H33N5O3/c1-36-19-18-33-27(35)32(15-5-7-22-6-4-13-29-20-22)26(34)28(33)11-16-31(17-12-28)21-23-10-14-30-25-9-3-2-8-24(23)25/h2-4,6,8-10,13-14,20H,5,7,11-12,15-19,21H2,1H3. The molecule has 8 heteroatoms. The minimum absolute atomic E-state index is 0.0520. The average molecular weight is 488 g/mol. The highest BCUT2D eigenvalue weighted by Gasteiger charge is 2.57. The number of methoxy groups -OCH3 is 1. The van der Waals surface area contributed by atoms with Gasteiger partial charge in [-0.15, -0.1) is 0 Å². The first-order chi connectivity index (χ1) is 17.6. The van der Waals surface area contributed by atoms with Gasteiger partial charge in [-0.05, 0) is 55.0 Å². The fourth-order valence-electron chi connectivity index (χ4n) is 5.56. The van der Waals surface area contributed by atoms with E-state index in [0.717, 1.165) is 48.9 Å². The van der Waals surface area contributed by atoms with Crippen molar-refractivity contribution >= 4 is 22.8 Å². The summed E-state index contributed by atoms with van der Waals surface area (Å²) in [4.78, 5) is 41.4. The summed E-state index contributed by atoms with van der Waals surface area (Å²) < 4.78 is 5.29. The SMILES string of the molecule is COCCN1C(=O)N(CCCc2cccnc2)C(=O)C12CCN(Cc1ccnc3ccccc13)CC2. The van der Waals surface area contributed by atoms with Crippen molar-refractivity contribution in [2.75, 3.05) is 39.9 Å². The lowest BCUT2D eigenvalue weighted by Crippen LogP contribution is -2.57. The van der Waals surface area contributed by atoms with E-state index in [2.05, 4.69) is 27.0 Å². The van der Waals surface area contributed by atoms with E-state index in [4.69, 9.17) is 4.74 Å². The molecule has 4 heterocycles. The summed E-state index contributed by atoms with van der Waals surface area (Å²) in [6.07, 6.45) is 8.20. The molecule has 0 atom stereocenters. The maximum atomic E-state index is 13.7. The van der Waals surface area contributed by atoms with Crippen LogP contribution in [0, 0.1) is 0 Å². The highest BCUT2D eigenvalue weighted by molar-refractivity contribution is 6.07. The number of urea groups is 1. The van der Waals surface area contributed by atoms with Crippen LogP contribution in [0.25, 0.3) is 10.9 Å². The molecule has 1 spiro atoms. The lowest BCUT2D eigenvalue weighted by Gasteiger charge is -2.42. The Hall–Kier alpha value is -3.36. The molecule has 5 rings (SSSR count). The molecule has 188 valence electrons. The number of amides is 3. The molecule has 2 aromatic heterocycles. The molecule has 0 bridgehead atoms. The molecule has 0 unspecified atom stereocenters. The molecule has 8 nitrogen and oxygen atoms in total. The first-order valence-corrected chi connectivity index (χ1v) is 12.7. The second-order valence-corrected chi connectivity index (χ2v) is 9.64. The van der Waals surface area contributed by atoms with Gasteiger partial charge in [0.25, 0.3) is 5.91 Å². The van der Waals surface area contributed by atoms with Gasteiger partial charge in [0.1, 0.15) is 5.54 Å². The molecule has 0 saturated carbocycles. The number of rotatable bonds is 9. The lowest BCUT2D eigenvalue weighted by atomic mass is 9.85. The second kappa shape index (κ2) is 10.7. The molecule has 36 heavy (non-hydrogen) atoms. The lowest BCUT2D eigenvalue weighted by molar-refractivity contribution is -0.136. The highest BCUT2D eigenvalue weighted by Crippen LogP contribution is 2.38. The molecule has 2 saturated heterocycles. The molecular formula is C28H33N5O3. The maximum absolute atomic E-state index is 13.7. The third-order valence-electron chi connectivity index (χ3n) is 7.53. The third-order valence-corrected chi connectivity index (χ3v) is 7.53. The van der Waals surface area contributed by atoms with Crippen LogP contribution in [0.2, 0.25) is 0 Å². The van der Waals surface area contributed by atoms with Gasteiger partial charge in [-0.25, -0.2) is 4.79 Å². The van der Waals surface area contributed by atoms with Gasteiger partial charge in [-0.1, -0.05) is 24.3 Å². The number of aryl methyl sites for hydroxylation is 1. The Morgan fingerprint density at radius 3 is 2.61 bits per heavy atom. The number of aromatic nitrogens is 2. The summed E-state index contributed by atoms with van der Waals surface area (Å²) in [6, 6.07) is 14.0. The highest BCUT2D eigenvalue weighted by atomic mass is 16.5. The van der Waals surface area contributed by atoms with Crippen molar-refractivity contribution in [3.63, 3.8) is 0 Å². The van der Waals surface area contributed by atoms with Crippen molar-refractivity contribution in [2.24, 2.45) is 0 Å². The predicted molar refractivity (Wildman–Crippen MR) is 137 cm³/mol. The van der Waals surface area contributed by atoms with Gasteiger partial charge in [-0.3, -0.25) is 24.6 Å². The van der Waals surface area contributed by atoms with E-state index in [1.807, 2.05) is 42.7 Å². The summed E-state index contributed by atoms with van der Waals surface area (Å²) in [5, 5.41) is 1.16. The van der Waals surface area contributed by atoms with E-state index in [1.165, 1.54) is 10.5 Å². The van der Waals surface area contributed by atoms with Gasteiger partial charge in [0.2, 0.25) is 0 Å². The molecule has 3 amide bonds. The van der Waals surface area contributed by atoms with Crippen LogP contribution in [0.3, 0.4) is 0 Å². The van der Waals surface area contributed by atoms with Crippen LogP contribution in [0.1, 0.15) is 30.4 Å². The van der Waals surface area contributed by atoms with Gasteiger partial charge >= 0.3 is 6.03 Å². The molecular weight excluding hydrogens is 454 g/mol. The van der Waals surface area contributed by atoms with Gasteiger partial charge in [-0.2, -0.15) is 0 Å². The number of hydrogen-bond acceptors (Lipinski definition) is 6. The van der Waals surface area contributed by atoms with Gasteiger partial charge < -0.3 is 9.64 Å². The van der Waals surface area contributed by atoms with E-state index in [9.17, 15) is 9.59 Å². The van der Waals surface area contributed by atoms with Crippen molar-refractivity contribution in [3.8, 4) is 0 Å². The number of hydrogen-bond donors (Lipinski definition) is 0. The number of nitrogens with zero attached hydrogens (tertiary/aromatic N) is 5. The summed E-state index contributed by atoms with van der Waals surface area (Å²) in [5.41, 5.74) is 2.56.